The second-order valence-electron chi connectivity index (χ2n) is 6.07. The molecule has 0 aliphatic carbocycles. The third-order valence-electron chi connectivity index (χ3n) is 4.10. The van der Waals surface area contributed by atoms with E-state index in [-0.39, 0.29) is 22.8 Å². The Labute approximate surface area is 164 Å². The second-order valence-corrected chi connectivity index (χ2v) is 8.41. The molecule has 0 unspecified atom stereocenters. The van der Waals surface area contributed by atoms with Gasteiger partial charge in [-0.15, -0.1) is 0 Å². The van der Waals surface area contributed by atoms with Crippen LogP contribution in [0.25, 0.3) is 0 Å². The van der Waals surface area contributed by atoms with Gasteiger partial charge in [-0.3, -0.25) is 9.59 Å². The zero-order chi connectivity index (χ0) is 19.9. The molecule has 2 N–H and O–H groups in total. The zero-order valence-corrected chi connectivity index (χ0v) is 16.7. The molecular formula is C17H23N3O5S2. The third-order valence-corrected chi connectivity index (χ3v) is 6.22. The average molecular weight is 414 g/mol. The molecule has 8 nitrogen and oxygen atoms in total. The van der Waals surface area contributed by atoms with Crippen LogP contribution in [-0.4, -0.2) is 49.9 Å². The Balaban J connectivity index is 1.90. The van der Waals surface area contributed by atoms with E-state index in [1.807, 2.05) is 0 Å². The molecule has 1 saturated heterocycles. The Morgan fingerprint density at radius 1 is 1.11 bits per heavy atom. The van der Waals surface area contributed by atoms with Gasteiger partial charge in [0.2, 0.25) is 15.9 Å². The molecule has 2 rings (SSSR count). The Morgan fingerprint density at radius 2 is 1.74 bits per heavy atom. The number of carbonyl (C=O) groups excluding carboxylic acids is 2. The summed E-state index contributed by atoms with van der Waals surface area (Å²) in [6, 6.07) is 6.19. The first-order chi connectivity index (χ1) is 12.8. The van der Waals surface area contributed by atoms with Crippen molar-refractivity contribution in [3.05, 3.63) is 24.3 Å². The van der Waals surface area contributed by atoms with Crippen LogP contribution >= 0.6 is 12.2 Å². The lowest BCUT2D eigenvalue weighted by Crippen LogP contribution is -2.35. The normalized spacial score (nSPS) is 15.0. The third kappa shape index (κ3) is 6.26. The number of anilines is 1. The van der Waals surface area contributed by atoms with Crippen LogP contribution in [0.3, 0.4) is 0 Å². The van der Waals surface area contributed by atoms with E-state index in [0.717, 1.165) is 19.3 Å². The predicted molar refractivity (Wildman–Crippen MR) is 105 cm³/mol. The molecule has 0 atom stereocenters. The van der Waals surface area contributed by atoms with Crippen molar-refractivity contribution >= 4 is 44.9 Å². The number of thiocarbonyl (C=S) groups is 1. The number of hydrogen-bond donors (Lipinski definition) is 2. The first-order valence-electron chi connectivity index (χ1n) is 8.61. The van der Waals surface area contributed by atoms with E-state index >= 15 is 0 Å². The van der Waals surface area contributed by atoms with Crippen molar-refractivity contribution in [1.29, 1.82) is 0 Å². The summed E-state index contributed by atoms with van der Waals surface area (Å²) < 4.78 is 31.2. The maximum absolute atomic E-state index is 12.6. The fourth-order valence-electron chi connectivity index (χ4n) is 2.63. The summed E-state index contributed by atoms with van der Waals surface area (Å²) in [7, 11) is -2.23. The minimum Gasteiger partial charge on any atom is -0.469 e. The molecule has 10 heteroatoms. The smallest absolute Gasteiger partial charge is 0.306 e. The summed E-state index contributed by atoms with van der Waals surface area (Å²) in [5, 5.41) is 5.33. The molecule has 1 aliphatic heterocycles. The van der Waals surface area contributed by atoms with Gasteiger partial charge >= 0.3 is 5.97 Å². The van der Waals surface area contributed by atoms with E-state index in [4.69, 9.17) is 12.2 Å². The van der Waals surface area contributed by atoms with Crippen molar-refractivity contribution in [1.82, 2.24) is 9.62 Å². The standard InChI is InChI=1S/C17H23N3O5S2/c1-25-16(22)10-9-15(21)19-17(26)18-13-5-7-14(8-6-13)27(23,24)20-11-3-2-4-12-20/h5-8H,2-4,9-12H2,1H3,(H2,18,19,21,26). The summed E-state index contributed by atoms with van der Waals surface area (Å²) >= 11 is 5.04. The quantitative estimate of drug-likeness (QED) is 0.539. The number of esters is 1. The highest BCUT2D eigenvalue weighted by molar-refractivity contribution is 7.89. The summed E-state index contributed by atoms with van der Waals surface area (Å²) in [5.41, 5.74) is 0.547. The van der Waals surface area contributed by atoms with Crippen molar-refractivity contribution in [3.63, 3.8) is 0 Å². The van der Waals surface area contributed by atoms with Gasteiger partial charge in [-0.1, -0.05) is 6.42 Å². The highest BCUT2D eigenvalue weighted by Gasteiger charge is 2.25. The number of nitrogens with one attached hydrogen (secondary N) is 2. The van der Waals surface area contributed by atoms with Gasteiger partial charge in [0.15, 0.2) is 5.11 Å². The molecule has 1 amide bonds. The number of amides is 1. The monoisotopic (exact) mass is 413 g/mol. The lowest BCUT2D eigenvalue weighted by atomic mass is 10.2. The summed E-state index contributed by atoms with van der Waals surface area (Å²) in [4.78, 5) is 22.9. The number of ether oxygens (including phenoxy) is 1. The topological polar surface area (TPSA) is 105 Å². The number of rotatable bonds is 6. The van der Waals surface area contributed by atoms with Gasteiger partial charge in [0.1, 0.15) is 0 Å². The van der Waals surface area contributed by atoms with Crippen molar-refractivity contribution in [2.24, 2.45) is 0 Å². The largest absolute Gasteiger partial charge is 0.469 e. The van der Waals surface area contributed by atoms with E-state index in [0.29, 0.717) is 18.8 Å². The SMILES string of the molecule is COC(=O)CCC(=O)NC(=S)Nc1ccc(S(=O)(=O)N2CCCCC2)cc1. The number of sulfonamides is 1. The molecule has 0 radical (unpaired) electrons. The number of carbonyl (C=O) groups is 2. The molecule has 1 aromatic rings. The van der Waals surface area contributed by atoms with Crippen molar-refractivity contribution in [2.45, 2.75) is 37.0 Å². The summed E-state index contributed by atoms with van der Waals surface area (Å²) in [5.74, 6) is -0.892. The molecule has 27 heavy (non-hydrogen) atoms. The minimum absolute atomic E-state index is 0.0337. The summed E-state index contributed by atoms with van der Waals surface area (Å²) in [6.45, 7) is 1.09. The van der Waals surface area contributed by atoms with Gasteiger partial charge in [-0.05, 0) is 49.3 Å². The number of nitrogens with zero attached hydrogens (tertiary/aromatic N) is 1. The maximum atomic E-state index is 12.6. The number of methoxy groups -OCH3 is 1. The van der Waals surface area contributed by atoms with Gasteiger partial charge in [0.25, 0.3) is 0 Å². The number of piperidine rings is 1. The molecule has 1 aliphatic rings. The van der Waals surface area contributed by atoms with E-state index in [9.17, 15) is 18.0 Å². The van der Waals surface area contributed by atoms with Crippen molar-refractivity contribution < 1.29 is 22.7 Å². The maximum Gasteiger partial charge on any atom is 0.306 e. The van der Waals surface area contributed by atoms with Crippen LogP contribution in [0.5, 0.6) is 0 Å². The van der Waals surface area contributed by atoms with Crippen molar-refractivity contribution in [2.75, 3.05) is 25.5 Å². The molecule has 148 valence electrons. The van der Waals surface area contributed by atoms with Gasteiger partial charge < -0.3 is 15.4 Å². The first-order valence-corrected chi connectivity index (χ1v) is 10.5. The molecule has 1 fully saturated rings. The summed E-state index contributed by atoms with van der Waals surface area (Å²) in [6.07, 6.45) is 2.73. The fraction of sp³-hybridized carbons (Fsp3) is 0.471. The Bertz CT molecular complexity index is 787. The van der Waals surface area contributed by atoms with Crippen LogP contribution in [0.4, 0.5) is 5.69 Å². The molecule has 1 aromatic carbocycles. The van der Waals surface area contributed by atoms with Crippen molar-refractivity contribution in [3.8, 4) is 0 Å². The van der Waals surface area contributed by atoms with Gasteiger partial charge in [-0.2, -0.15) is 4.31 Å². The van der Waals surface area contributed by atoms with Crippen LogP contribution in [0.15, 0.2) is 29.2 Å². The Kier molecular flexibility index (Phi) is 7.69. The van der Waals surface area contributed by atoms with Crippen LogP contribution in [-0.2, 0) is 24.3 Å². The number of benzene rings is 1. The average Bonchev–Trinajstić information content (AvgIpc) is 2.67. The van der Waals surface area contributed by atoms with E-state index in [1.54, 1.807) is 12.1 Å². The van der Waals surface area contributed by atoms with E-state index in [1.165, 1.54) is 23.5 Å². The molecule has 0 bridgehead atoms. The molecule has 0 spiro atoms. The highest BCUT2D eigenvalue weighted by atomic mass is 32.2. The first kappa shape index (κ1) is 21.3. The van der Waals surface area contributed by atoms with Gasteiger partial charge in [0.05, 0.1) is 18.4 Å². The predicted octanol–water partition coefficient (Wildman–Crippen LogP) is 1.63. The minimum atomic E-state index is -3.49. The Morgan fingerprint density at radius 3 is 2.33 bits per heavy atom. The van der Waals surface area contributed by atoms with Crippen LogP contribution in [0, 0.1) is 0 Å². The molecular weight excluding hydrogens is 390 g/mol. The lowest BCUT2D eigenvalue weighted by Gasteiger charge is -2.25. The molecule has 0 saturated carbocycles. The van der Waals surface area contributed by atoms with E-state index < -0.39 is 21.9 Å². The van der Waals surface area contributed by atoms with E-state index in [2.05, 4.69) is 15.4 Å². The molecule has 1 heterocycles. The van der Waals surface area contributed by atoms with Crippen LogP contribution in [0.1, 0.15) is 32.1 Å². The highest BCUT2D eigenvalue weighted by Crippen LogP contribution is 2.21. The Hall–Kier alpha value is -2.04. The second kappa shape index (κ2) is 9.77. The van der Waals surface area contributed by atoms with Gasteiger partial charge in [0, 0.05) is 25.2 Å². The van der Waals surface area contributed by atoms with Crippen LogP contribution in [0.2, 0.25) is 0 Å². The number of hydrogen-bond acceptors (Lipinski definition) is 6. The van der Waals surface area contributed by atoms with Crippen LogP contribution < -0.4 is 10.6 Å². The zero-order valence-electron chi connectivity index (χ0n) is 15.1. The van der Waals surface area contributed by atoms with Gasteiger partial charge in [-0.25, -0.2) is 8.42 Å². The fourth-order valence-corrected chi connectivity index (χ4v) is 4.38. The molecule has 0 aromatic heterocycles. The lowest BCUT2D eigenvalue weighted by molar-refractivity contribution is -0.142.